The lowest BCUT2D eigenvalue weighted by Gasteiger charge is -2.14. The Morgan fingerprint density at radius 2 is 1.02 bits per heavy atom. The second-order valence-corrected chi connectivity index (χ2v) is 12.1. The largest absolute Gasteiger partial charge is 0.281 e. The summed E-state index contributed by atoms with van der Waals surface area (Å²) in [6.07, 6.45) is 2.21. The van der Waals surface area contributed by atoms with Crippen LogP contribution in [0.5, 0.6) is 0 Å². The van der Waals surface area contributed by atoms with Crippen molar-refractivity contribution in [2.24, 2.45) is 0 Å². The Kier molecular flexibility index (Phi) is 5.68. The zero-order chi connectivity index (χ0) is 29.0. The van der Waals surface area contributed by atoms with Crippen molar-refractivity contribution in [2.45, 2.75) is 0 Å². The number of aromatic nitrogens is 3. The Bertz CT molecular complexity index is 2490. The third kappa shape index (κ3) is 3.89. The molecule has 0 aliphatic rings. The molecule has 4 heteroatoms. The summed E-state index contributed by atoms with van der Waals surface area (Å²) < 4.78 is 4.79. The van der Waals surface area contributed by atoms with Crippen LogP contribution in [0.15, 0.2) is 152 Å². The van der Waals surface area contributed by atoms with Gasteiger partial charge in [-0.25, -0.2) is 0 Å². The molecule has 3 nitrogen and oxygen atoms in total. The number of benzene rings is 6. The number of nitrogens with zero attached hydrogens (tertiary/aromatic N) is 3. The molecule has 0 radical (unpaired) electrons. The lowest BCUT2D eigenvalue weighted by atomic mass is 9.92. The molecule has 0 fully saturated rings. The molecule has 3 aromatic heterocycles. The van der Waals surface area contributed by atoms with Gasteiger partial charge in [0.25, 0.3) is 0 Å². The predicted molar refractivity (Wildman–Crippen MR) is 185 cm³/mol. The predicted octanol–water partition coefficient (Wildman–Crippen LogP) is 10.9. The van der Waals surface area contributed by atoms with Gasteiger partial charge in [0, 0.05) is 42.9 Å². The molecule has 0 N–H and O–H groups in total. The summed E-state index contributed by atoms with van der Waals surface area (Å²) in [6, 6.07) is 51.8. The molecule has 0 amide bonds. The van der Waals surface area contributed by atoms with Crippen molar-refractivity contribution >= 4 is 47.9 Å². The number of hydrogen-bond acceptors (Lipinski definition) is 3. The molecule has 9 rings (SSSR count). The number of rotatable bonds is 4. The molecule has 0 unspecified atom stereocenters. The van der Waals surface area contributed by atoms with Crippen molar-refractivity contribution in [3.05, 3.63) is 152 Å². The molecule has 0 spiro atoms. The van der Waals surface area contributed by atoms with E-state index in [4.69, 9.17) is 10.2 Å². The monoisotopic (exact) mass is 579 g/mol. The first kappa shape index (κ1) is 25.0. The lowest BCUT2D eigenvalue weighted by molar-refractivity contribution is 1.11. The average Bonchev–Trinajstić information content (AvgIpc) is 3.70. The molecular weight excluding hydrogens is 555 g/mol. The van der Waals surface area contributed by atoms with Gasteiger partial charge in [-0.2, -0.15) is 0 Å². The van der Waals surface area contributed by atoms with Gasteiger partial charge in [-0.1, -0.05) is 140 Å². The summed E-state index contributed by atoms with van der Waals surface area (Å²) in [4.78, 5) is 0. The van der Waals surface area contributed by atoms with Crippen molar-refractivity contribution in [3.63, 3.8) is 0 Å². The molecule has 6 aromatic carbocycles. The van der Waals surface area contributed by atoms with Crippen LogP contribution in [0.2, 0.25) is 0 Å². The SMILES string of the molecule is c1ccc(-c2ccccc2-c2cn3c(-c4ccc(-c5cccc6c5sc5ccccc56)cc4)nnc3c3ccccc23)cc1. The van der Waals surface area contributed by atoms with Crippen molar-refractivity contribution in [1.82, 2.24) is 14.6 Å². The normalized spacial score (nSPS) is 11.6. The van der Waals surface area contributed by atoms with Gasteiger partial charge < -0.3 is 0 Å². The highest BCUT2D eigenvalue weighted by molar-refractivity contribution is 7.26. The van der Waals surface area contributed by atoms with E-state index >= 15 is 0 Å². The molecule has 0 aliphatic heterocycles. The van der Waals surface area contributed by atoms with E-state index < -0.39 is 0 Å². The fourth-order valence-corrected chi connectivity index (χ4v) is 7.72. The highest BCUT2D eigenvalue weighted by Gasteiger charge is 2.17. The number of thiophene rings is 1. The van der Waals surface area contributed by atoms with E-state index in [1.165, 1.54) is 48.0 Å². The summed E-state index contributed by atoms with van der Waals surface area (Å²) in [5.41, 5.74) is 9.07. The first-order chi connectivity index (χ1) is 21.8. The van der Waals surface area contributed by atoms with Gasteiger partial charge in [-0.3, -0.25) is 4.40 Å². The second kappa shape index (κ2) is 10.0. The van der Waals surface area contributed by atoms with Crippen LogP contribution < -0.4 is 0 Å². The minimum Gasteiger partial charge on any atom is -0.281 e. The summed E-state index contributed by atoms with van der Waals surface area (Å²) in [7, 11) is 0. The molecule has 0 bridgehead atoms. The first-order valence-electron chi connectivity index (χ1n) is 14.8. The van der Waals surface area contributed by atoms with E-state index in [2.05, 4.69) is 156 Å². The molecule has 0 saturated heterocycles. The summed E-state index contributed by atoms with van der Waals surface area (Å²) in [5, 5.41) is 14.3. The van der Waals surface area contributed by atoms with E-state index in [-0.39, 0.29) is 0 Å². The zero-order valence-electron chi connectivity index (χ0n) is 23.7. The number of fused-ring (bicyclic) bond motifs is 6. The molecule has 0 aliphatic carbocycles. The van der Waals surface area contributed by atoms with Gasteiger partial charge in [0.1, 0.15) is 0 Å². The quantitative estimate of drug-likeness (QED) is 0.208. The van der Waals surface area contributed by atoms with Crippen molar-refractivity contribution in [2.75, 3.05) is 0 Å². The highest BCUT2D eigenvalue weighted by Crippen LogP contribution is 2.41. The lowest BCUT2D eigenvalue weighted by Crippen LogP contribution is -1.95. The molecular formula is C40H25N3S. The maximum Gasteiger partial charge on any atom is 0.169 e. The Morgan fingerprint density at radius 1 is 0.409 bits per heavy atom. The van der Waals surface area contributed by atoms with Crippen LogP contribution >= 0.6 is 11.3 Å². The smallest absolute Gasteiger partial charge is 0.169 e. The number of hydrogen-bond donors (Lipinski definition) is 0. The average molecular weight is 580 g/mol. The van der Waals surface area contributed by atoms with Crippen molar-refractivity contribution in [3.8, 4) is 44.8 Å². The third-order valence-corrected chi connectivity index (χ3v) is 9.79. The maximum atomic E-state index is 4.73. The summed E-state index contributed by atoms with van der Waals surface area (Å²) in [6.45, 7) is 0. The van der Waals surface area contributed by atoms with Crippen molar-refractivity contribution in [1.29, 1.82) is 0 Å². The first-order valence-corrected chi connectivity index (χ1v) is 15.6. The van der Waals surface area contributed by atoms with E-state index in [1.807, 2.05) is 11.3 Å². The van der Waals surface area contributed by atoms with Gasteiger partial charge >= 0.3 is 0 Å². The number of pyridine rings is 1. The Hall–Kier alpha value is -5.58. The van der Waals surface area contributed by atoms with Crippen LogP contribution in [-0.4, -0.2) is 14.6 Å². The van der Waals surface area contributed by atoms with Crippen LogP contribution in [0.3, 0.4) is 0 Å². The standard InChI is InChI=1S/C40H25N3S/c1-2-11-26(12-3-1)29-13-4-5-14-31(29)36-25-43-39(41-42-40(43)35-17-7-6-15-32(35)36)28-23-21-27(22-24-28)30-18-10-19-34-33-16-8-9-20-37(33)44-38(30)34/h1-25H. The molecule has 0 saturated carbocycles. The minimum absolute atomic E-state index is 0.829. The highest BCUT2D eigenvalue weighted by atomic mass is 32.1. The Morgan fingerprint density at radius 3 is 1.86 bits per heavy atom. The third-order valence-electron chi connectivity index (χ3n) is 8.57. The molecule has 206 valence electrons. The maximum absolute atomic E-state index is 4.73. The Balaban J connectivity index is 1.20. The molecule has 0 atom stereocenters. The summed E-state index contributed by atoms with van der Waals surface area (Å²) >= 11 is 1.86. The van der Waals surface area contributed by atoms with Crippen LogP contribution in [0, 0.1) is 0 Å². The fraction of sp³-hybridized carbons (Fsp3) is 0. The van der Waals surface area contributed by atoms with E-state index in [9.17, 15) is 0 Å². The second-order valence-electron chi connectivity index (χ2n) is 11.1. The van der Waals surface area contributed by atoms with Gasteiger partial charge in [-0.15, -0.1) is 21.5 Å². The molecule has 44 heavy (non-hydrogen) atoms. The van der Waals surface area contributed by atoms with E-state index in [0.717, 1.165) is 33.4 Å². The topological polar surface area (TPSA) is 30.2 Å². The van der Waals surface area contributed by atoms with E-state index in [1.54, 1.807) is 0 Å². The van der Waals surface area contributed by atoms with Crippen LogP contribution in [-0.2, 0) is 0 Å². The van der Waals surface area contributed by atoms with Crippen LogP contribution in [0.25, 0.3) is 81.4 Å². The summed E-state index contributed by atoms with van der Waals surface area (Å²) in [5.74, 6) is 0.829. The Labute approximate surface area is 258 Å². The zero-order valence-corrected chi connectivity index (χ0v) is 24.5. The molecule has 3 heterocycles. The van der Waals surface area contributed by atoms with Gasteiger partial charge in [0.2, 0.25) is 0 Å². The van der Waals surface area contributed by atoms with Gasteiger partial charge in [0.05, 0.1) is 0 Å². The minimum atomic E-state index is 0.829. The fourth-order valence-electron chi connectivity index (χ4n) is 6.48. The van der Waals surface area contributed by atoms with E-state index in [0.29, 0.717) is 0 Å². The van der Waals surface area contributed by atoms with Gasteiger partial charge in [-0.05, 0) is 39.3 Å². The molecule has 9 aromatic rings. The van der Waals surface area contributed by atoms with Crippen molar-refractivity contribution < 1.29 is 0 Å². The van der Waals surface area contributed by atoms with Crippen LogP contribution in [0.4, 0.5) is 0 Å². The van der Waals surface area contributed by atoms with Gasteiger partial charge in [0.15, 0.2) is 11.5 Å². The van der Waals surface area contributed by atoms with Crippen LogP contribution in [0.1, 0.15) is 0 Å².